The number of hydrogen-bond donors (Lipinski definition) is 1. The van der Waals surface area contributed by atoms with Gasteiger partial charge in [0.15, 0.2) is 16.9 Å². The van der Waals surface area contributed by atoms with E-state index in [1.807, 2.05) is 0 Å². The van der Waals surface area contributed by atoms with Crippen LogP contribution in [0.5, 0.6) is 11.5 Å². The van der Waals surface area contributed by atoms with E-state index in [1.165, 1.54) is 25.3 Å². The van der Waals surface area contributed by atoms with Gasteiger partial charge in [0.1, 0.15) is 6.54 Å². The van der Waals surface area contributed by atoms with Crippen molar-refractivity contribution in [1.29, 1.82) is 0 Å². The highest BCUT2D eigenvalue weighted by Crippen LogP contribution is 2.31. The molecule has 0 atom stereocenters. The second-order valence-electron chi connectivity index (χ2n) is 6.74. The number of nitrogens with zero attached hydrogens (tertiary/aromatic N) is 1. The van der Waals surface area contributed by atoms with E-state index in [1.54, 1.807) is 53.1 Å². The molecule has 0 radical (unpaired) electrons. The van der Waals surface area contributed by atoms with E-state index < -0.39 is 12.5 Å². The highest BCUT2D eigenvalue weighted by Gasteiger charge is 2.15. The molecule has 0 saturated heterocycles. The second-order valence-corrected chi connectivity index (χ2v) is 6.74. The molecule has 0 aliphatic heterocycles. The molecule has 0 bridgehead atoms. The number of nitrogens with one attached hydrogen (secondary N) is 1. The van der Waals surface area contributed by atoms with Crippen molar-refractivity contribution in [2.75, 3.05) is 12.4 Å². The fourth-order valence-corrected chi connectivity index (χ4v) is 3.53. The first-order chi connectivity index (χ1) is 15.0. The Bertz CT molecular complexity index is 1270. The first-order valence-electron chi connectivity index (χ1n) is 9.41. The van der Waals surface area contributed by atoms with Gasteiger partial charge < -0.3 is 19.4 Å². The summed E-state index contributed by atoms with van der Waals surface area (Å²) >= 11 is 0. The number of anilines is 1. The van der Waals surface area contributed by atoms with Crippen molar-refractivity contribution < 1.29 is 23.0 Å². The van der Waals surface area contributed by atoms with E-state index in [0.29, 0.717) is 21.8 Å². The van der Waals surface area contributed by atoms with Gasteiger partial charge in [-0.3, -0.25) is 9.59 Å². The predicted molar refractivity (Wildman–Crippen MR) is 114 cm³/mol. The van der Waals surface area contributed by atoms with E-state index in [0.717, 1.165) is 0 Å². The van der Waals surface area contributed by atoms with Gasteiger partial charge in [-0.15, -0.1) is 0 Å². The Kier molecular flexibility index (Phi) is 5.53. The van der Waals surface area contributed by atoms with Crippen molar-refractivity contribution in [3.05, 3.63) is 77.0 Å². The van der Waals surface area contributed by atoms with Crippen molar-refractivity contribution in [2.24, 2.45) is 0 Å². The average molecular weight is 424 g/mol. The topological polar surface area (TPSA) is 69.6 Å². The van der Waals surface area contributed by atoms with Crippen LogP contribution in [-0.2, 0) is 11.3 Å². The molecule has 6 nitrogen and oxygen atoms in total. The summed E-state index contributed by atoms with van der Waals surface area (Å²) in [6, 6.07) is 18.3. The number of methoxy groups -OCH3 is 1. The number of benzene rings is 3. The maximum Gasteiger partial charge on any atom is 0.387 e. The molecule has 4 aromatic rings. The third-order valence-corrected chi connectivity index (χ3v) is 4.84. The van der Waals surface area contributed by atoms with E-state index in [4.69, 9.17) is 4.74 Å². The van der Waals surface area contributed by atoms with Crippen LogP contribution in [0.25, 0.3) is 21.8 Å². The van der Waals surface area contributed by atoms with Gasteiger partial charge in [0.2, 0.25) is 5.91 Å². The van der Waals surface area contributed by atoms with Crippen LogP contribution in [0.4, 0.5) is 14.5 Å². The number of ether oxygens (including phenoxy) is 2. The third kappa shape index (κ3) is 4.05. The molecular formula is C23H18F2N2O4. The van der Waals surface area contributed by atoms with Crippen molar-refractivity contribution in [3.63, 3.8) is 0 Å². The van der Waals surface area contributed by atoms with Gasteiger partial charge in [-0.25, -0.2) is 0 Å². The van der Waals surface area contributed by atoms with E-state index in [9.17, 15) is 18.4 Å². The van der Waals surface area contributed by atoms with Crippen molar-refractivity contribution in [1.82, 2.24) is 4.57 Å². The summed E-state index contributed by atoms with van der Waals surface area (Å²) in [4.78, 5) is 25.6. The molecule has 4 rings (SSSR count). The van der Waals surface area contributed by atoms with Crippen molar-refractivity contribution in [2.45, 2.75) is 13.2 Å². The third-order valence-electron chi connectivity index (χ3n) is 4.84. The van der Waals surface area contributed by atoms with Crippen LogP contribution < -0.4 is 20.2 Å². The average Bonchev–Trinajstić information content (AvgIpc) is 2.76. The molecule has 0 fully saturated rings. The first-order valence-corrected chi connectivity index (χ1v) is 9.41. The Morgan fingerprint density at radius 3 is 2.16 bits per heavy atom. The monoisotopic (exact) mass is 424 g/mol. The number of aromatic nitrogens is 1. The van der Waals surface area contributed by atoms with Crippen LogP contribution in [0, 0.1) is 0 Å². The molecule has 1 aromatic heterocycles. The first kappa shape index (κ1) is 20.3. The van der Waals surface area contributed by atoms with Gasteiger partial charge in [0.25, 0.3) is 0 Å². The number of amides is 1. The van der Waals surface area contributed by atoms with Gasteiger partial charge in [-0.05, 0) is 36.4 Å². The molecule has 0 saturated carbocycles. The largest absolute Gasteiger partial charge is 0.493 e. The number of carbonyl (C=O) groups excluding carboxylic acids is 1. The number of halogens is 2. The molecular weight excluding hydrogens is 406 g/mol. The van der Waals surface area contributed by atoms with Gasteiger partial charge >= 0.3 is 6.61 Å². The lowest BCUT2D eigenvalue weighted by atomic mass is 10.1. The fourth-order valence-electron chi connectivity index (χ4n) is 3.53. The molecule has 0 aliphatic carbocycles. The highest BCUT2D eigenvalue weighted by molar-refractivity contribution is 5.97. The van der Waals surface area contributed by atoms with E-state index >= 15 is 0 Å². The zero-order chi connectivity index (χ0) is 22.0. The predicted octanol–water partition coefficient (Wildman–Crippen LogP) is 4.40. The summed E-state index contributed by atoms with van der Waals surface area (Å²) in [5, 5.41) is 3.69. The smallest absolute Gasteiger partial charge is 0.387 e. The molecule has 0 aliphatic rings. The minimum Gasteiger partial charge on any atom is -0.493 e. The Labute approximate surface area is 175 Å². The zero-order valence-corrected chi connectivity index (χ0v) is 16.5. The van der Waals surface area contributed by atoms with Gasteiger partial charge in [-0.2, -0.15) is 8.78 Å². The van der Waals surface area contributed by atoms with Crippen LogP contribution in [0.2, 0.25) is 0 Å². The molecule has 1 N–H and O–H groups in total. The number of carbonyl (C=O) groups is 1. The fraction of sp³-hybridized carbons (Fsp3) is 0.130. The lowest BCUT2D eigenvalue weighted by Gasteiger charge is -2.16. The Morgan fingerprint density at radius 2 is 1.58 bits per heavy atom. The number of hydrogen-bond acceptors (Lipinski definition) is 4. The molecule has 0 unspecified atom stereocenters. The minimum absolute atomic E-state index is 0.0849. The standard InChI is InChI=1S/C23H18F2N2O4/c1-30-19-11-10-14(12-20(19)31-23(24)25)26-21(28)13-27-17-8-4-2-6-15(17)22(29)16-7-3-5-9-18(16)27/h2-12,23H,13H2,1H3,(H,26,28). The Hall–Kier alpha value is -3.94. The van der Waals surface area contributed by atoms with Gasteiger partial charge in [-0.1, -0.05) is 24.3 Å². The molecule has 31 heavy (non-hydrogen) atoms. The van der Waals surface area contributed by atoms with Crippen molar-refractivity contribution in [3.8, 4) is 11.5 Å². The van der Waals surface area contributed by atoms with Crippen LogP contribution in [0.15, 0.2) is 71.5 Å². The normalized spacial score (nSPS) is 11.1. The SMILES string of the molecule is COc1ccc(NC(=O)Cn2c3ccccc3c(=O)c3ccccc32)cc1OC(F)F. The maximum atomic E-state index is 12.8. The lowest BCUT2D eigenvalue weighted by Crippen LogP contribution is -2.21. The molecule has 3 aromatic carbocycles. The maximum absolute atomic E-state index is 12.8. The summed E-state index contributed by atoms with van der Waals surface area (Å²) in [6.45, 7) is -3.11. The quantitative estimate of drug-likeness (QED) is 0.466. The highest BCUT2D eigenvalue weighted by atomic mass is 19.3. The molecule has 0 spiro atoms. The summed E-state index contributed by atoms with van der Waals surface area (Å²) in [7, 11) is 1.33. The summed E-state index contributed by atoms with van der Waals surface area (Å²) in [5.41, 5.74) is 1.42. The van der Waals surface area contributed by atoms with Crippen LogP contribution >= 0.6 is 0 Å². The van der Waals surface area contributed by atoms with Crippen LogP contribution in [0.3, 0.4) is 0 Å². The molecule has 8 heteroatoms. The number of pyridine rings is 1. The lowest BCUT2D eigenvalue weighted by molar-refractivity contribution is -0.116. The number of rotatable bonds is 6. The molecule has 1 heterocycles. The Balaban J connectivity index is 1.69. The van der Waals surface area contributed by atoms with Crippen molar-refractivity contribution >= 4 is 33.4 Å². The van der Waals surface area contributed by atoms with Gasteiger partial charge in [0.05, 0.1) is 18.1 Å². The summed E-state index contributed by atoms with van der Waals surface area (Å²) < 4.78 is 36.5. The van der Waals surface area contributed by atoms with Crippen LogP contribution in [0.1, 0.15) is 0 Å². The van der Waals surface area contributed by atoms with E-state index in [2.05, 4.69) is 10.1 Å². The number of para-hydroxylation sites is 2. The summed E-state index contributed by atoms with van der Waals surface area (Å²) in [5.74, 6) is -0.461. The second kappa shape index (κ2) is 8.43. The zero-order valence-electron chi connectivity index (χ0n) is 16.5. The number of fused-ring (bicyclic) bond motifs is 2. The molecule has 158 valence electrons. The summed E-state index contributed by atoms with van der Waals surface area (Å²) in [6.07, 6.45) is 0. The Morgan fingerprint density at radius 1 is 0.968 bits per heavy atom. The minimum atomic E-state index is -3.03. The van der Waals surface area contributed by atoms with Crippen LogP contribution in [-0.4, -0.2) is 24.2 Å². The molecule has 1 amide bonds. The van der Waals surface area contributed by atoms with Gasteiger partial charge in [0, 0.05) is 22.5 Å². The van der Waals surface area contributed by atoms with E-state index in [-0.39, 0.29) is 29.2 Å². The number of alkyl halides is 2.